The van der Waals surface area contributed by atoms with Crippen LogP contribution in [0.5, 0.6) is 0 Å². The Morgan fingerprint density at radius 2 is 2.20 bits per heavy atom. The SMILES string of the molecule is C=Cc1cc(C2CC2)cc([N+](=O)[O-])c1C. The fourth-order valence-electron chi connectivity index (χ4n) is 1.80. The largest absolute Gasteiger partial charge is 0.273 e. The first-order chi connectivity index (χ1) is 7.13. The zero-order valence-electron chi connectivity index (χ0n) is 8.69. The molecule has 1 aliphatic carbocycles. The molecule has 3 nitrogen and oxygen atoms in total. The van der Waals surface area contributed by atoms with E-state index in [-0.39, 0.29) is 10.6 Å². The lowest BCUT2D eigenvalue weighted by Gasteiger charge is -2.05. The summed E-state index contributed by atoms with van der Waals surface area (Å²) in [4.78, 5) is 10.5. The zero-order chi connectivity index (χ0) is 11.0. The van der Waals surface area contributed by atoms with Crippen molar-refractivity contribution in [3.8, 4) is 0 Å². The minimum absolute atomic E-state index is 0.217. The average Bonchev–Trinajstić information content (AvgIpc) is 3.01. The molecule has 1 aromatic carbocycles. The number of benzene rings is 1. The molecule has 0 saturated heterocycles. The van der Waals surface area contributed by atoms with E-state index in [0.29, 0.717) is 11.5 Å². The number of hydrogen-bond donors (Lipinski definition) is 0. The summed E-state index contributed by atoms with van der Waals surface area (Å²) in [6.45, 7) is 5.46. The van der Waals surface area contributed by atoms with Gasteiger partial charge in [0.05, 0.1) is 4.92 Å². The van der Waals surface area contributed by atoms with E-state index in [1.807, 2.05) is 6.07 Å². The van der Waals surface area contributed by atoms with Crippen LogP contribution >= 0.6 is 0 Å². The van der Waals surface area contributed by atoms with Crippen LogP contribution in [0.3, 0.4) is 0 Å². The second-order valence-electron chi connectivity index (χ2n) is 3.99. The highest BCUT2D eigenvalue weighted by molar-refractivity contribution is 5.61. The quantitative estimate of drug-likeness (QED) is 0.558. The van der Waals surface area contributed by atoms with Gasteiger partial charge in [0, 0.05) is 11.6 Å². The van der Waals surface area contributed by atoms with Crippen LogP contribution in [0.4, 0.5) is 5.69 Å². The molecule has 0 amide bonds. The molecule has 0 aliphatic heterocycles. The predicted octanol–water partition coefficient (Wildman–Crippen LogP) is 3.42. The summed E-state index contributed by atoms with van der Waals surface area (Å²) in [6.07, 6.45) is 3.99. The summed E-state index contributed by atoms with van der Waals surface area (Å²) in [5.41, 5.74) is 2.89. The third kappa shape index (κ3) is 1.77. The van der Waals surface area contributed by atoms with Gasteiger partial charge < -0.3 is 0 Å². The standard InChI is InChI=1S/C12H13NO2/c1-3-9-6-11(10-4-5-10)7-12(8(9)2)13(14)15/h3,6-7,10H,1,4-5H2,2H3. The molecular formula is C12H13NO2. The fourth-order valence-corrected chi connectivity index (χ4v) is 1.80. The lowest BCUT2D eigenvalue weighted by atomic mass is 10.0. The van der Waals surface area contributed by atoms with Crippen LogP contribution in [-0.4, -0.2) is 4.92 Å². The molecule has 1 aromatic rings. The summed E-state index contributed by atoms with van der Waals surface area (Å²) >= 11 is 0. The topological polar surface area (TPSA) is 43.1 Å². The van der Waals surface area contributed by atoms with E-state index < -0.39 is 0 Å². The Hall–Kier alpha value is -1.64. The molecule has 0 radical (unpaired) electrons. The first-order valence-corrected chi connectivity index (χ1v) is 5.05. The first kappa shape index (κ1) is 9.90. The lowest BCUT2D eigenvalue weighted by Crippen LogP contribution is -1.96. The molecular weight excluding hydrogens is 190 g/mol. The molecule has 0 heterocycles. The van der Waals surface area contributed by atoms with Crippen LogP contribution in [0.2, 0.25) is 0 Å². The van der Waals surface area contributed by atoms with Crippen molar-refractivity contribution in [1.29, 1.82) is 0 Å². The summed E-state index contributed by atoms with van der Waals surface area (Å²) in [7, 11) is 0. The van der Waals surface area contributed by atoms with E-state index in [4.69, 9.17) is 0 Å². The van der Waals surface area contributed by atoms with Gasteiger partial charge >= 0.3 is 0 Å². The fraction of sp³-hybridized carbons (Fsp3) is 0.333. The van der Waals surface area contributed by atoms with Gasteiger partial charge in [-0.1, -0.05) is 18.7 Å². The molecule has 3 heteroatoms. The minimum Gasteiger partial charge on any atom is -0.258 e. The van der Waals surface area contributed by atoms with Crippen molar-refractivity contribution in [3.05, 3.63) is 45.5 Å². The Balaban J connectivity index is 2.56. The van der Waals surface area contributed by atoms with Crippen LogP contribution < -0.4 is 0 Å². The smallest absolute Gasteiger partial charge is 0.258 e. The maximum absolute atomic E-state index is 10.9. The number of nitro benzene ring substituents is 1. The maximum atomic E-state index is 10.9. The predicted molar refractivity (Wildman–Crippen MR) is 59.9 cm³/mol. The molecule has 1 aliphatic rings. The van der Waals surface area contributed by atoms with Gasteiger partial charge in [0.15, 0.2) is 0 Å². The Labute approximate surface area is 88.6 Å². The van der Waals surface area contributed by atoms with E-state index >= 15 is 0 Å². The van der Waals surface area contributed by atoms with Crippen molar-refractivity contribution in [2.45, 2.75) is 25.7 Å². The van der Waals surface area contributed by atoms with E-state index in [2.05, 4.69) is 6.58 Å². The molecule has 0 N–H and O–H groups in total. The Bertz CT molecular complexity index is 433. The molecule has 15 heavy (non-hydrogen) atoms. The molecule has 1 fully saturated rings. The van der Waals surface area contributed by atoms with Crippen LogP contribution in [0, 0.1) is 17.0 Å². The molecule has 0 aromatic heterocycles. The van der Waals surface area contributed by atoms with Crippen LogP contribution in [-0.2, 0) is 0 Å². The minimum atomic E-state index is -0.311. The van der Waals surface area contributed by atoms with Gasteiger partial charge in [-0.05, 0) is 36.8 Å². The van der Waals surface area contributed by atoms with Crippen molar-refractivity contribution in [2.24, 2.45) is 0 Å². The van der Waals surface area contributed by atoms with Gasteiger partial charge in [0.25, 0.3) is 5.69 Å². The van der Waals surface area contributed by atoms with Gasteiger partial charge in [-0.25, -0.2) is 0 Å². The highest BCUT2D eigenvalue weighted by Gasteiger charge is 2.26. The normalized spacial score (nSPS) is 15.0. The molecule has 0 atom stereocenters. The van der Waals surface area contributed by atoms with E-state index in [1.165, 1.54) is 0 Å². The Morgan fingerprint density at radius 3 is 2.67 bits per heavy atom. The van der Waals surface area contributed by atoms with Crippen molar-refractivity contribution in [3.63, 3.8) is 0 Å². The summed E-state index contributed by atoms with van der Waals surface area (Å²) in [6, 6.07) is 3.73. The first-order valence-electron chi connectivity index (χ1n) is 5.05. The number of rotatable bonds is 3. The van der Waals surface area contributed by atoms with Gasteiger partial charge in [-0.2, -0.15) is 0 Å². The lowest BCUT2D eigenvalue weighted by molar-refractivity contribution is -0.385. The van der Waals surface area contributed by atoms with Crippen LogP contribution in [0.15, 0.2) is 18.7 Å². The maximum Gasteiger partial charge on any atom is 0.273 e. The number of hydrogen-bond acceptors (Lipinski definition) is 2. The van der Waals surface area contributed by atoms with Gasteiger partial charge in [-0.3, -0.25) is 10.1 Å². The van der Waals surface area contributed by atoms with E-state index in [9.17, 15) is 10.1 Å². The number of nitro groups is 1. The molecule has 0 unspecified atom stereocenters. The van der Waals surface area contributed by atoms with Crippen molar-refractivity contribution < 1.29 is 4.92 Å². The van der Waals surface area contributed by atoms with Crippen molar-refractivity contribution in [2.75, 3.05) is 0 Å². The Morgan fingerprint density at radius 1 is 1.53 bits per heavy atom. The Kier molecular flexibility index (Phi) is 2.31. The molecule has 78 valence electrons. The third-order valence-corrected chi connectivity index (χ3v) is 2.91. The highest BCUT2D eigenvalue weighted by Crippen LogP contribution is 2.42. The molecule has 2 rings (SSSR count). The number of nitrogens with zero attached hydrogens (tertiary/aromatic N) is 1. The third-order valence-electron chi connectivity index (χ3n) is 2.91. The van der Waals surface area contributed by atoms with Gasteiger partial charge in [-0.15, -0.1) is 0 Å². The zero-order valence-corrected chi connectivity index (χ0v) is 8.69. The van der Waals surface area contributed by atoms with Crippen molar-refractivity contribution in [1.82, 2.24) is 0 Å². The van der Waals surface area contributed by atoms with Gasteiger partial charge in [0.2, 0.25) is 0 Å². The molecule has 0 bridgehead atoms. The van der Waals surface area contributed by atoms with E-state index in [1.54, 1.807) is 19.1 Å². The summed E-state index contributed by atoms with van der Waals surface area (Å²) in [5.74, 6) is 0.531. The molecule has 0 spiro atoms. The van der Waals surface area contributed by atoms with Gasteiger partial charge in [0.1, 0.15) is 0 Å². The summed E-state index contributed by atoms with van der Waals surface area (Å²) in [5, 5.41) is 10.9. The highest BCUT2D eigenvalue weighted by atomic mass is 16.6. The van der Waals surface area contributed by atoms with E-state index in [0.717, 1.165) is 24.0 Å². The second-order valence-corrected chi connectivity index (χ2v) is 3.99. The summed E-state index contributed by atoms with van der Waals surface area (Å²) < 4.78 is 0. The molecule has 1 saturated carbocycles. The van der Waals surface area contributed by atoms with Crippen LogP contribution in [0.1, 0.15) is 35.4 Å². The van der Waals surface area contributed by atoms with Crippen molar-refractivity contribution >= 4 is 11.8 Å². The average molecular weight is 203 g/mol. The monoisotopic (exact) mass is 203 g/mol. The van der Waals surface area contributed by atoms with Crippen LogP contribution in [0.25, 0.3) is 6.08 Å². The second kappa shape index (κ2) is 3.50.